The van der Waals surface area contributed by atoms with E-state index < -0.39 is 0 Å². The summed E-state index contributed by atoms with van der Waals surface area (Å²) in [6.45, 7) is 4.37. The summed E-state index contributed by atoms with van der Waals surface area (Å²) in [5.74, 6) is 1.19. The molecule has 0 amide bonds. The second-order valence-electron chi connectivity index (χ2n) is 8.08. The first-order valence-corrected chi connectivity index (χ1v) is 9.94. The van der Waals surface area contributed by atoms with E-state index in [2.05, 4.69) is 37.0 Å². The fraction of sp³-hybridized carbons (Fsp3) is 0.417. The quantitative estimate of drug-likeness (QED) is 0.531. The lowest BCUT2D eigenvalue weighted by atomic mass is 9.75. The molecule has 0 radical (unpaired) electrons. The van der Waals surface area contributed by atoms with Gasteiger partial charge in [-0.15, -0.1) is 0 Å². The Balaban J connectivity index is 1.55. The summed E-state index contributed by atoms with van der Waals surface area (Å²) >= 11 is 0. The summed E-state index contributed by atoms with van der Waals surface area (Å²) in [5, 5.41) is 1.37. The van der Waals surface area contributed by atoms with Gasteiger partial charge in [-0.1, -0.05) is 31.0 Å². The standard InChI is InChI=1S/C24H28FN/c1-16-13-17(2)22-15-24(26-23(22)14-16)21-6-4-3-5-19(21)10-7-18-8-11-20(25)12-9-18/h8-9,11-15,19,21,26H,3-7,10H2,1-2H3. The van der Waals surface area contributed by atoms with E-state index in [-0.39, 0.29) is 5.82 Å². The number of fused-ring (bicyclic) bond motifs is 1. The van der Waals surface area contributed by atoms with Gasteiger partial charge in [-0.05, 0) is 86.4 Å². The van der Waals surface area contributed by atoms with Crippen LogP contribution >= 0.6 is 0 Å². The normalized spacial score (nSPS) is 20.6. The molecule has 0 bridgehead atoms. The van der Waals surface area contributed by atoms with Crippen LogP contribution in [-0.2, 0) is 6.42 Å². The summed E-state index contributed by atoms with van der Waals surface area (Å²) < 4.78 is 13.1. The number of halogens is 1. The van der Waals surface area contributed by atoms with Gasteiger partial charge in [0.25, 0.3) is 0 Å². The van der Waals surface area contributed by atoms with Crippen LogP contribution in [0.15, 0.2) is 42.5 Å². The van der Waals surface area contributed by atoms with Crippen LogP contribution < -0.4 is 0 Å². The lowest BCUT2D eigenvalue weighted by Gasteiger charge is -2.31. The molecule has 0 saturated heterocycles. The van der Waals surface area contributed by atoms with Crippen molar-refractivity contribution in [3.63, 3.8) is 0 Å². The molecule has 1 N–H and O–H groups in total. The lowest BCUT2D eigenvalue weighted by molar-refractivity contribution is 0.287. The van der Waals surface area contributed by atoms with Gasteiger partial charge in [-0.3, -0.25) is 0 Å². The molecule has 3 aromatic rings. The maximum Gasteiger partial charge on any atom is 0.123 e. The molecular formula is C24H28FN. The third-order valence-electron chi connectivity index (χ3n) is 6.14. The highest BCUT2D eigenvalue weighted by molar-refractivity contribution is 5.84. The van der Waals surface area contributed by atoms with Crippen molar-refractivity contribution in [2.75, 3.05) is 0 Å². The minimum Gasteiger partial charge on any atom is -0.358 e. The summed E-state index contributed by atoms with van der Waals surface area (Å²) in [7, 11) is 0. The summed E-state index contributed by atoms with van der Waals surface area (Å²) in [5.41, 5.74) is 6.62. The zero-order valence-electron chi connectivity index (χ0n) is 15.8. The number of hydrogen-bond acceptors (Lipinski definition) is 0. The van der Waals surface area contributed by atoms with Crippen molar-refractivity contribution in [3.8, 4) is 0 Å². The van der Waals surface area contributed by atoms with Crippen LogP contribution in [0.4, 0.5) is 4.39 Å². The fourth-order valence-corrected chi connectivity index (χ4v) is 4.79. The number of hydrogen-bond donors (Lipinski definition) is 1. The SMILES string of the molecule is Cc1cc(C)c2cc(C3CCCCC3CCc3ccc(F)cc3)[nH]c2c1. The van der Waals surface area contributed by atoms with Crippen LogP contribution in [0, 0.1) is 25.6 Å². The summed E-state index contributed by atoms with van der Waals surface area (Å²) in [6, 6.07) is 14.0. The van der Waals surface area contributed by atoms with Crippen molar-refractivity contribution in [1.29, 1.82) is 0 Å². The molecule has 2 atom stereocenters. The third kappa shape index (κ3) is 3.56. The van der Waals surface area contributed by atoms with E-state index in [4.69, 9.17) is 0 Å². The fourth-order valence-electron chi connectivity index (χ4n) is 4.79. The molecule has 2 heteroatoms. The predicted molar refractivity (Wildman–Crippen MR) is 107 cm³/mol. The number of aromatic nitrogens is 1. The first-order valence-electron chi connectivity index (χ1n) is 9.94. The topological polar surface area (TPSA) is 15.8 Å². The zero-order chi connectivity index (χ0) is 18.1. The summed E-state index contributed by atoms with van der Waals surface area (Å²) in [6.07, 6.45) is 7.47. The molecule has 0 aliphatic heterocycles. The molecular weight excluding hydrogens is 321 g/mol. The van der Waals surface area contributed by atoms with Crippen LogP contribution in [-0.4, -0.2) is 4.98 Å². The van der Waals surface area contributed by atoms with Crippen molar-refractivity contribution in [1.82, 2.24) is 4.98 Å². The van der Waals surface area contributed by atoms with E-state index >= 15 is 0 Å². The molecule has 1 nitrogen and oxygen atoms in total. The maximum absolute atomic E-state index is 13.1. The molecule has 2 unspecified atom stereocenters. The first kappa shape index (κ1) is 17.3. The van der Waals surface area contributed by atoms with Crippen LogP contribution in [0.2, 0.25) is 0 Å². The lowest BCUT2D eigenvalue weighted by Crippen LogP contribution is -2.19. The first-order chi connectivity index (χ1) is 12.6. The maximum atomic E-state index is 13.1. The van der Waals surface area contributed by atoms with Crippen molar-refractivity contribution in [3.05, 3.63) is 70.7 Å². The molecule has 1 aromatic heterocycles. The Morgan fingerprint density at radius 1 is 1.00 bits per heavy atom. The number of nitrogens with one attached hydrogen (secondary N) is 1. The molecule has 1 aliphatic carbocycles. The Morgan fingerprint density at radius 3 is 2.58 bits per heavy atom. The molecule has 0 spiro atoms. The third-order valence-corrected chi connectivity index (χ3v) is 6.14. The number of aromatic amines is 1. The molecule has 1 heterocycles. The Morgan fingerprint density at radius 2 is 1.77 bits per heavy atom. The zero-order valence-corrected chi connectivity index (χ0v) is 15.8. The van der Waals surface area contributed by atoms with E-state index in [0.717, 1.165) is 6.42 Å². The molecule has 136 valence electrons. The van der Waals surface area contributed by atoms with E-state index in [1.165, 1.54) is 65.4 Å². The van der Waals surface area contributed by atoms with Gasteiger partial charge in [-0.25, -0.2) is 4.39 Å². The Bertz CT molecular complexity index is 890. The molecule has 1 aliphatic rings. The Hall–Kier alpha value is -2.09. The van der Waals surface area contributed by atoms with Gasteiger partial charge >= 0.3 is 0 Å². The van der Waals surface area contributed by atoms with Crippen LogP contribution in [0.5, 0.6) is 0 Å². The summed E-state index contributed by atoms with van der Waals surface area (Å²) in [4.78, 5) is 3.73. The second kappa shape index (κ2) is 7.26. The minimum atomic E-state index is -0.145. The van der Waals surface area contributed by atoms with Gasteiger partial charge in [0.15, 0.2) is 0 Å². The molecule has 26 heavy (non-hydrogen) atoms. The average Bonchev–Trinajstić information content (AvgIpc) is 3.06. The monoisotopic (exact) mass is 349 g/mol. The predicted octanol–water partition coefficient (Wildman–Crippen LogP) is 6.83. The largest absolute Gasteiger partial charge is 0.358 e. The molecule has 1 saturated carbocycles. The van der Waals surface area contributed by atoms with Crippen molar-refractivity contribution < 1.29 is 4.39 Å². The van der Waals surface area contributed by atoms with E-state index in [1.807, 2.05) is 12.1 Å². The molecule has 1 fully saturated rings. The van der Waals surface area contributed by atoms with Gasteiger partial charge < -0.3 is 4.98 Å². The smallest absolute Gasteiger partial charge is 0.123 e. The van der Waals surface area contributed by atoms with Gasteiger partial charge in [0.1, 0.15) is 5.82 Å². The highest BCUT2D eigenvalue weighted by Crippen LogP contribution is 2.41. The highest BCUT2D eigenvalue weighted by Gasteiger charge is 2.27. The number of aryl methyl sites for hydroxylation is 3. The number of benzene rings is 2. The van der Waals surface area contributed by atoms with Crippen LogP contribution in [0.25, 0.3) is 10.9 Å². The van der Waals surface area contributed by atoms with Gasteiger partial charge in [0.05, 0.1) is 0 Å². The van der Waals surface area contributed by atoms with E-state index in [0.29, 0.717) is 11.8 Å². The highest BCUT2D eigenvalue weighted by atomic mass is 19.1. The van der Waals surface area contributed by atoms with Crippen molar-refractivity contribution in [2.45, 2.75) is 58.3 Å². The molecule has 4 rings (SSSR count). The van der Waals surface area contributed by atoms with E-state index in [1.54, 1.807) is 12.1 Å². The van der Waals surface area contributed by atoms with E-state index in [9.17, 15) is 4.39 Å². The average molecular weight is 349 g/mol. The van der Waals surface area contributed by atoms with Gasteiger partial charge in [-0.2, -0.15) is 0 Å². The number of H-pyrrole nitrogens is 1. The van der Waals surface area contributed by atoms with Gasteiger partial charge in [0, 0.05) is 22.5 Å². The molecule has 2 aromatic carbocycles. The van der Waals surface area contributed by atoms with Crippen LogP contribution in [0.1, 0.15) is 60.4 Å². The van der Waals surface area contributed by atoms with Crippen LogP contribution in [0.3, 0.4) is 0 Å². The van der Waals surface area contributed by atoms with Crippen molar-refractivity contribution in [2.24, 2.45) is 5.92 Å². The Kier molecular flexibility index (Phi) is 4.84. The minimum absolute atomic E-state index is 0.145. The Labute approximate surface area is 155 Å². The van der Waals surface area contributed by atoms with Crippen molar-refractivity contribution >= 4 is 10.9 Å². The van der Waals surface area contributed by atoms with Gasteiger partial charge in [0.2, 0.25) is 0 Å². The number of rotatable bonds is 4. The second-order valence-corrected chi connectivity index (χ2v) is 8.08.